The number of nitrogens with zero attached hydrogens (tertiary/aromatic N) is 2. The molecule has 194 valence electrons. The van der Waals surface area contributed by atoms with E-state index in [1.54, 1.807) is 42.5 Å². The molecule has 4 unspecified atom stereocenters. The third-order valence-corrected chi connectivity index (χ3v) is 8.73. The van der Waals surface area contributed by atoms with Gasteiger partial charge < -0.3 is 5.11 Å². The van der Waals surface area contributed by atoms with E-state index in [9.17, 15) is 24.3 Å². The first kappa shape index (κ1) is 23.7. The lowest BCUT2D eigenvalue weighted by atomic mass is 9.85. The number of aliphatic hydroxyl groups is 1. The predicted octanol–water partition coefficient (Wildman–Crippen LogP) is 5.54. The molecule has 0 spiro atoms. The maximum atomic E-state index is 13.5. The monoisotopic (exact) mass is 518 g/mol. The first-order valence-corrected chi connectivity index (χ1v) is 13.5. The number of Topliss-reactive ketones (excluding diaryl/α,β-unsaturated/α-hetero) is 2. The van der Waals surface area contributed by atoms with Crippen molar-refractivity contribution in [3.05, 3.63) is 83.1 Å². The van der Waals surface area contributed by atoms with Crippen LogP contribution in [0.5, 0.6) is 0 Å². The summed E-state index contributed by atoms with van der Waals surface area (Å²) in [6.07, 6.45) is 7.03. The molecule has 1 saturated heterocycles. The number of fused-ring (bicyclic) bond motifs is 7. The number of benzene rings is 2. The van der Waals surface area contributed by atoms with E-state index in [1.807, 2.05) is 13.0 Å². The summed E-state index contributed by atoms with van der Waals surface area (Å²) < 4.78 is 0. The number of para-hydroxylation sites is 1. The Kier molecular flexibility index (Phi) is 5.20. The van der Waals surface area contributed by atoms with Crippen LogP contribution in [0, 0.1) is 23.7 Å². The van der Waals surface area contributed by atoms with E-state index in [4.69, 9.17) is 4.98 Å². The van der Waals surface area contributed by atoms with Gasteiger partial charge in [0, 0.05) is 28.5 Å². The summed E-state index contributed by atoms with van der Waals surface area (Å²) >= 11 is 0. The van der Waals surface area contributed by atoms with Crippen LogP contribution in [-0.4, -0.2) is 33.5 Å². The van der Waals surface area contributed by atoms with Crippen molar-refractivity contribution in [1.29, 1.82) is 0 Å². The molecule has 1 saturated carbocycles. The van der Waals surface area contributed by atoms with Gasteiger partial charge in [0.05, 0.1) is 34.3 Å². The number of rotatable bonds is 6. The number of unbranched alkanes of at least 4 members (excludes halogenated alkanes) is 1. The van der Waals surface area contributed by atoms with Gasteiger partial charge in [-0.2, -0.15) is 0 Å². The van der Waals surface area contributed by atoms with Gasteiger partial charge in [0.25, 0.3) is 0 Å². The van der Waals surface area contributed by atoms with Crippen LogP contribution in [0.3, 0.4) is 0 Å². The minimum Gasteiger partial charge on any atom is -0.506 e. The number of hydrogen-bond donors (Lipinski definition) is 1. The fraction of sp³-hybridized carbons (Fsp3) is 0.281. The van der Waals surface area contributed by atoms with Gasteiger partial charge in [-0.15, -0.1) is 0 Å². The molecule has 7 heteroatoms. The summed E-state index contributed by atoms with van der Waals surface area (Å²) in [6, 6.07) is 13.5. The molecule has 39 heavy (non-hydrogen) atoms. The van der Waals surface area contributed by atoms with Gasteiger partial charge in [-0.25, -0.2) is 9.88 Å². The molecule has 7 nitrogen and oxygen atoms in total. The summed E-state index contributed by atoms with van der Waals surface area (Å²) in [5.74, 6) is -1.53. The van der Waals surface area contributed by atoms with Crippen molar-refractivity contribution in [3.63, 3.8) is 0 Å². The summed E-state index contributed by atoms with van der Waals surface area (Å²) in [4.78, 5) is 58.9. The second kappa shape index (κ2) is 8.56. The maximum absolute atomic E-state index is 13.5. The van der Waals surface area contributed by atoms with Crippen LogP contribution in [0.25, 0.3) is 22.2 Å². The van der Waals surface area contributed by atoms with Crippen LogP contribution in [0.1, 0.15) is 64.6 Å². The molecule has 2 amide bonds. The number of imide groups is 1. The second-order valence-electron chi connectivity index (χ2n) is 10.9. The number of carbonyl (C=O) groups excluding carboxylic acids is 4. The van der Waals surface area contributed by atoms with Crippen LogP contribution >= 0.6 is 0 Å². The molecule has 4 aliphatic rings. The highest BCUT2D eigenvalue weighted by Crippen LogP contribution is 2.53. The molecule has 2 bridgehead atoms. The lowest BCUT2D eigenvalue weighted by Gasteiger charge is -2.19. The van der Waals surface area contributed by atoms with Gasteiger partial charge in [-0.1, -0.05) is 49.8 Å². The third-order valence-electron chi connectivity index (χ3n) is 8.73. The highest BCUT2D eigenvalue weighted by Gasteiger charge is 2.59. The van der Waals surface area contributed by atoms with Crippen molar-refractivity contribution >= 4 is 51.3 Å². The molecular formula is C32H26N2O5. The first-order valence-electron chi connectivity index (χ1n) is 13.5. The highest BCUT2D eigenvalue weighted by molar-refractivity contribution is 6.39. The molecule has 4 atom stereocenters. The Labute approximate surface area is 224 Å². The van der Waals surface area contributed by atoms with Gasteiger partial charge in [0.1, 0.15) is 5.76 Å². The molecule has 3 aliphatic carbocycles. The van der Waals surface area contributed by atoms with Crippen LogP contribution in [0.15, 0.2) is 60.7 Å². The standard InChI is InChI=1S/C32H26N2O5/c1-2-3-7-24(35)17-10-12-20-21(15-17)30(37)27(29(20)36)22-13-11-16-5-4-6-23(28(16)33-22)34-31(38)25-18-8-9-19(14-18)26(25)32(34)39/h4-6,8-13,15,18-19,25-26,37H,2-3,7,14H2,1H3. The van der Waals surface area contributed by atoms with Crippen molar-refractivity contribution in [1.82, 2.24) is 4.98 Å². The zero-order valence-corrected chi connectivity index (χ0v) is 21.4. The number of carbonyl (C=O) groups is 4. The van der Waals surface area contributed by atoms with E-state index in [-0.39, 0.29) is 64.1 Å². The zero-order valence-electron chi connectivity index (χ0n) is 21.4. The number of aromatic nitrogens is 1. The Morgan fingerprint density at radius 2 is 1.72 bits per heavy atom. The average Bonchev–Trinajstić information content (AvgIpc) is 3.69. The number of aliphatic hydroxyl groups excluding tert-OH is 1. The van der Waals surface area contributed by atoms with Crippen molar-refractivity contribution in [2.24, 2.45) is 23.7 Å². The van der Waals surface area contributed by atoms with E-state index in [1.165, 1.54) is 4.90 Å². The number of ketones is 2. The minimum atomic E-state index is -0.384. The molecule has 2 fully saturated rings. The van der Waals surface area contributed by atoms with Crippen molar-refractivity contribution < 1.29 is 24.3 Å². The SMILES string of the molecule is CCCCC(=O)c1ccc2c(c1)C(O)=C(c1ccc3cccc(N4C(=O)C5C6C=CC(C6)C5C4=O)c3n1)C2=O. The van der Waals surface area contributed by atoms with Crippen LogP contribution < -0.4 is 4.90 Å². The lowest BCUT2D eigenvalue weighted by molar-refractivity contribution is -0.123. The fourth-order valence-corrected chi connectivity index (χ4v) is 6.80. The van der Waals surface area contributed by atoms with Gasteiger partial charge in [0.15, 0.2) is 11.6 Å². The predicted molar refractivity (Wildman–Crippen MR) is 146 cm³/mol. The highest BCUT2D eigenvalue weighted by atomic mass is 16.3. The lowest BCUT2D eigenvalue weighted by Crippen LogP contribution is -2.33. The van der Waals surface area contributed by atoms with Crippen LogP contribution in [0.4, 0.5) is 5.69 Å². The van der Waals surface area contributed by atoms with E-state index in [2.05, 4.69) is 12.2 Å². The van der Waals surface area contributed by atoms with Gasteiger partial charge in [-0.3, -0.25) is 19.2 Å². The minimum absolute atomic E-state index is 0.0322. The molecule has 2 aromatic carbocycles. The Bertz CT molecular complexity index is 1670. The average molecular weight is 519 g/mol. The van der Waals surface area contributed by atoms with Crippen molar-refractivity contribution in [2.45, 2.75) is 32.6 Å². The van der Waals surface area contributed by atoms with E-state index < -0.39 is 0 Å². The summed E-state index contributed by atoms with van der Waals surface area (Å²) in [7, 11) is 0. The van der Waals surface area contributed by atoms with Gasteiger partial charge >= 0.3 is 0 Å². The second-order valence-corrected chi connectivity index (χ2v) is 10.9. The van der Waals surface area contributed by atoms with Crippen molar-refractivity contribution in [3.8, 4) is 0 Å². The van der Waals surface area contributed by atoms with Gasteiger partial charge in [-0.05, 0) is 48.9 Å². The summed E-state index contributed by atoms with van der Waals surface area (Å²) in [5, 5.41) is 11.9. The van der Waals surface area contributed by atoms with Crippen LogP contribution in [-0.2, 0) is 9.59 Å². The topological polar surface area (TPSA) is 105 Å². The number of anilines is 1. The molecule has 3 aromatic rings. The number of amides is 2. The number of pyridine rings is 1. The van der Waals surface area contributed by atoms with Crippen molar-refractivity contribution in [2.75, 3.05) is 4.90 Å². The normalized spacial score (nSPS) is 24.8. The Hall–Kier alpha value is -4.39. The summed E-state index contributed by atoms with van der Waals surface area (Å²) in [6.45, 7) is 2.01. The molecule has 1 N–H and O–H groups in total. The smallest absolute Gasteiger partial charge is 0.238 e. The number of allylic oxidation sites excluding steroid dienone is 3. The largest absolute Gasteiger partial charge is 0.506 e. The fourth-order valence-electron chi connectivity index (χ4n) is 6.80. The molecule has 0 radical (unpaired) electrons. The maximum Gasteiger partial charge on any atom is 0.238 e. The summed E-state index contributed by atoms with van der Waals surface area (Å²) in [5.41, 5.74) is 2.17. The van der Waals surface area contributed by atoms with Gasteiger partial charge in [0.2, 0.25) is 11.8 Å². The molecule has 7 rings (SSSR count). The Balaban J connectivity index is 1.29. The molecule has 2 heterocycles. The quantitative estimate of drug-likeness (QED) is 0.261. The van der Waals surface area contributed by atoms with E-state index >= 15 is 0 Å². The molecule has 1 aliphatic heterocycles. The number of hydrogen-bond acceptors (Lipinski definition) is 6. The molecule has 1 aromatic heterocycles. The van der Waals surface area contributed by atoms with E-state index in [0.717, 1.165) is 19.3 Å². The zero-order chi connectivity index (χ0) is 27.0. The molecular weight excluding hydrogens is 492 g/mol. The van der Waals surface area contributed by atoms with E-state index in [0.29, 0.717) is 39.7 Å². The third kappa shape index (κ3) is 3.32. The Morgan fingerprint density at radius 1 is 0.974 bits per heavy atom. The Morgan fingerprint density at radius 3 is 2.44 bits per heavy atom. The first-order chi connectivity index (χ1) is 18.9. The van der Waals surface area contributed by atoms with Crippen LogP contribution in [0.2, 0.25) is 0 Å².